The molecule has 0 spiro atoms. The van der Waals surface area contributed by atoms with Crippen molar-refractivity contribution in [3.05, 3.63) is 0 Å². The van der Waals surface area contributed by atoms with Crippen molar-refractivity contribution in [1.29, 1.82) is 0 Å². The Hall–Kier alpha value is -0.610. The van der Waals surface area contributed by atoms with Crippen LogP contribution in [-0.4, -0.2) is 28.3 Å². The number of aliphatic hydroxyl groups is 1. The van der Waals surface area contributed by atoms with Gasteiger partial charge >= 0.3 is 5.97 Å². The summed E-state index contributed by atoms with van der Waals surface area (Å²) in [5.74, 6) is -1.18. The fourth-order valence-corrected chi connectivity index (χ4v) is 0.206. The third-order valence-corrected chi connectivity index (χ3v) is 0.805. The summed E-state index contributed by atoms with van der Waals surface area (Å²) in [6.07, 6.45) is -0.979. The second-order valence-corrected chi connectivity index (χ2v) is 1.60. The summed E-state index contributed by atoms with van der Waals surface area (Å²) >= 11 is 0. The molecule has 0 aromatic rings. The molecule has 0 radical (unpaired) electrons. The van der Waals surface area contributed by atoms with Crippen molar-refractivity contribution >= 4 is 5.97 Å². The van der Waals surface area contributed by atoms with Crippen molar-refractivity contribution in [1.82, 2.24) is 0 Å². The van der Waals surface area contributed by atoms with Crippen LogP contribution in [0.25, 0.3) is 0 Å². The standard InChI is InChI=1S/C4H9NO3/c1-2(6)3(5)4(7)8/h2-3,6H,5H2,1H3,(H,7,8)/t2-,3+/m1/s1/i1+1,2+1,3+1,4+1. The predicted octanol–water partition coefficient (Wildman–Crippen LogP) is -1.22. The van der Waals surface area contributed by atoms with Gasteiger partial charge in [-0.25, -0.2) is 0 Å². The Morgan fingerprint density at radius 2 is 2.12 bits per heavy atom. The molecule has 0 saturated carbocycles. The van der Waals surface area contributed by atoms with E-state index in [4.69, 9.17) is 15.9 Å². The van der Waals surface area contributed by atoms with Crippen LogP contribution in [0.15, 0.2) is 0 Å². The second-order valence-electron chi connectivity index (χ2n) is 1.60. The maximum atomic E-state index is 9.86. The molecule has 4 nitrogen and oxygen atoms in total. The molecule has 4 heteroatoms. The molecule has 2 atom stereocenters. The SMILES string of the molecule is [13CH3][13C@@H](O)[13C@H](N)[13C](=O)O. The van der Waals surface area contributed by atoms with Gasteiger partial charge in [0.1, 0.15) is 6.04 Å². The summed E-state index contributed by atoms with van der Waals surface area (Å²) < 4.78 is 0. The monoisotopic (exact) mass is 123 g/mol. The van der Waals surface area contributed by atoms with Crippen molar-refractivity contribution in [2.45, 2.75) is 19.1 Å². The molecule has 0 unspecified atom stereocenters. The molecule has 8 heavy (non-hydrogen) atoms. The van der Waals surface area contributed by atoms with Gasteiger partial charge in [0, 0.05) is 0 Å². The van der Waals surface area contributed by atoms with Gasteiger partial charge in [0.25, 0.3) is 0 Å². The Bertz CT molecular complexity index is 91.3. The highest BCUT2D eigenvalue weighted by atomic mass is 16.5. The molecular formula is C4H9NO3. The molecule has 0 aromatic carbocycles. The molecule has 48 valence electrons. The van der Waals surface area contributed by atoms with E-state index in [1.807, 2.05) is 0 Å². The molecule has 4 N–H and O–H groups in total. The van der Waals surface area contributed by atoms with Crippen LogP contribution in [0.3, 0.4) is 0 Å². The van der Waals surface area contributed by atoms with E-state index in [9.17, 15) is 4.79 Å². The van der Waals surface area contributed by atoms with Crippen LogP contribution in [0.5, 0.6) is 0 Å². The average molecular weight is 123 g/mol. The molecule has 0 aliphatic rings. The molecule has 0 aliphatic carbocycles. The van der Waals surface area contributed by atoms with Crippen molar-refractivity contribution in [2.75, 3.05) is 0 Å². The number of hydrogen-bond acceptors (Lipinski definition) is 3. The normalized spacial score (nSPS) is 17.4. The summed E-state index contributed by atoms with van der Waals surface area (Å²) in [4.78, 5) is 9.86. The number of carboxylic acids is 1. The van der Waals surface area contributed by atoms with Crippen LogP contribution >= 0.6 is 0 Å². The summed E-state index contributed by atoms with van der Waals surface area (Å²) in [5, 5.41) is 16.6. The van der Waals surface area contributed by atoms with E-state index in [0.717, 1.165) is 0 Å². The minimum absolute atomic E-state index is 0.979. The lowest BCUT2D eigenvalue weighted by Crippen LogP contribution is -2.39. The molecule has 0 heterocycles. The zero-order valence-electron chi connectivity index (χ0n) is 4.53. The number of carboxylic acid groups (broad SMARTS) is 1. The van der Waals surface area contributed by atoms with E-state index in [2.05, 4.69) is 0 Å². The quantitative estimate of drug-likeness (QED) is 0.402. The Kier molecular flexibility index (Phi) is 2.44. The van der Waals surface area contributed by atoms with E-state index < -0.39 is 18.1 Å². The van der Waals surface area contributed by atoms with Crippen LogP contribution in [-0.2, 0) is 4.79 Å². The first kappa shape index (κ1) is 7.39. The third kappa shape index (κ3) is 1.90. The summed E-state index contributed by atoms with van der Waals surface area (Å²) in [6.45, 7) is 1.33. The molecule has 0 aromatic heterocycles. The van der Waals surface area contributed by atoms with Gasteiger partial charge in [0.15, 0.2) is 0 Å². The highest BCUT2D eigenvalue weighted by Crippen LogP contribution is 1.85. The predicted molar refractivity (Wildman–Crippen MR) is 27.3 cm³/mol. The largest absolute Gasteiger partial charge is 0.480 e. The fraction of sp³-hybridized carbons (Fsp3) is 0.750. The second kappa shape index (κ2) is 2.64. The summed E-state index contributed by atoms with van der Waals surface area (Å²) in [5.41, 5.74) is 4.91. The van der Waals surface area contributed by atoms with Crippen LogP contribution in [0, 0.1) is 0 Å². The Balaban J connectivity index is 3.64. The smallest absolute Gasteiger partial charge is 0.323 e. The first-order valence-corrected chi connectivity index (χ1v) is 2.22. The van der Waals surface area contributed by atoms with Gasteiger partial charge < -0.3 is 15.9 Å². The maximum Gasteiger partial charge on any atom is 0.323 e. The minimum Gasteiger partial charge on any atom is -0.480 e. The number of aliphatic carboxylic acids is 1. The number of nitrogens with two attached hydrogens (primary N) is 1. The Labute approximate surface area is 46.9 Å². The first-order chi connectivity index (χ1) is 3.55. The molecule has 0 rings (SSSR count). The van der Waals surface area contributed by atoms with Crippen LogP contribution in [0.2, 0.25) is 0 Å². The van der Waals surface area contributed by atoms with Gasteiger partial charge in [0.05, 0.1) is 6.10 Å². The average Bonchev–Trinajstić information content (AvgIpc) is 1.64. The zero-order chi connectivity index (χ0) is 6.73. The molecular weight excluding hydrogens is 114 g/mol. The third-order valence-electron chi connectivity index (χ3n) is 0.805. The lowest BCUT2D eigenvalue weighted by atomic mass is 11.1. The van der Waals surface area contributed by atoms with Crippen LogP contribution in [0.1, 0.15) is 6.92 Å². The molecule has 0 fully saturated rings. The lowest BCUT2D eigenvalue weighted by molar-refractivity contribution is -0.140. The number of carbonyl (C=O) groups is 1. The van der Waals surface area contributed by atoms with E-state index in [1.54, 1.807) is 0 Å². The van der Waals surface area contributed by atoms with Crippen LogP contribution < -0.4 is 5.73 Å². The van der Waals surface area contributed by atoms with Gasteiger partial charge in [-0.05, 0) is 6.92 Å². The number of aliphatic hydroxyl groups excluding tert-OH is 1. The highest BCUT2D eigenvalue weighted by molar-refractivity contribution is 5.73. The fourth-order valence-electron chi connectivity index (χ4n) is 0.206. The van der Waals surface area contributed by atoms with Crippen LogP contribution in [0.4, 0.5) is 0 Å². The van der Waals surface area contributed by atoms with E-state index in [1.165, 1.54) is 6.92 Å². The Morgan fingerprint density at radius 1 is 1.75 bits per heavy atom. The summed E-state index contributed by atoms with van der Waals surface area (Å²) in [6, 6.07) is -1.16. The van der Waals surface area contributed by atoms with E-state index >= 15 is 0 Å². The van der Waals surface area contributed by atoms with E-state index in [0.29, 0.717) is 0 Å². The highest BCUT2D eigenvalue weighted by Gasteiger charge is 2.16. The first-order valence-electron chi connectivity index (χ1n) is 2.22. The summed E-state index contributed by atoms with van der Waals surface area (Å²) in [7, 11) is 0. The molecule has 0 bridgehead atoms. The van der Waals surface area contributed by atoms with Gasteiger partial charge in [-0.2, -0.15) is 0 Å². The topological polar surface area (TPSA) is 83.5 Å². The van der Waals surface area contributed by atoms with Gasteiger partial charge in [0.2, 0.25) is 0 Å². The van der Waals surface area contributed by atoms with Gasteiger partial charge in [-0.1, -0.05) is 0 Å². The van der Waals surface area contributed by atoms with Gasteiger partial charge in [-0.3, -0.25) is 4.79 Å². The van der Waals surface area contributed by atoms with Crippen molar-refractivity contribution in [3.8, 4) is 0 Å². The van der Waals surface area contributed by atoms with Crippen molar-refractivity contribution < 1.29 is 15.0 Å². The molecule has 0 amide bonds. The Morgan fingerprint density at radius 3 is 2.12 bits per heavy atom. The van der Waals surface area contributed by atoms with Gasteiger partial charge in [-0.15, -0.1) is 0 Å². The maximum absolute atomic E-state index is 9.86. The molecule has 0 saturated heterocycles. The lowest BCUT2D eigenvalue weighted by Gasteiger charge is -2.06. The van der Waals surface area contributed by atoms with Crippen molar-refractivity contribution in [3.63, 3.8) is 0 Å². The van der Waals surface area contributed by atoms with E-state index in [-0.39, 0.29) is 0 Å². The minimum atomic E-state index is -1.18. The van der Waals surface area contributed by atoms with Crippen molar-refractivity contribution in [2.24, 2.45) is 5.73 Å². The number of hydrogen-bond donors (Lipinski definition) is 3. The number of rotatable bonds is 2. The zero-order valence-corrected chi connectivity index (χ0v) is 4.53. The molecule has 0 aliphatic heterocycles.